The first-order valence-corrected chi connectivity index (χ1v) is 7.21. The number of nitrogens with one attached hydrogen (secondary N) is 1. The summed E-state index contributed by atoms with van der Waals surface area (Å²) in [6.07, 6.45) is 0. The van der Waals surface area contributed by atoms with Crippen molar-refractivity contribution in [2.45, 2.75) is 6.54 Å². The van der Waals surface area contributed by atoms with E-state index in [1.165, 1.54) is 23.5 Å². The molecule has 1 heterocycles. The molecular formula is C15H11ClFNO2S. The molecule has 0 unspecified atom stereocenters. The summed E-state index contributed by atoms with van der Waals surface area (Å²) < 4.78 is 13.9. The van der Waals surface area contributed by atoms with Gasteiger partial charge in [0.15, 0.2) is 0 Å². The van der Waals surface area contributed by atoms with Crippen LogP contribution in [0, 0.1) is 17.7 Å². The van der Waals surface area contributed by atoms with Crippen LogP contribution in [-0.4, -0.2) is 17.6 Å². The third-order valence-electron chi connectivity index (χ3n) is 2.58. The summed E-state index contributed by atoms with van der Waals surface area (Å²) in [6, 6.07) is 7.31. The normalized spacial score (nSPS) is 9.86. The second kappa shape index (κ2) is 7.23. The highest BCUT2D eigenvalue weighted by Crippen LogP contribution is 2.21. The number of hydrogen-bond donors (Lipinski definition) is 2. The van der Waals surface area contributed by atoms with Crippen molar-refractivity contribution in [3.05, 3.63) is 56.5 Å². The van der Waals surface area contributed by atoms with Gasteiger partial charge in [-0.15, -0.1) is 11.3 Å². The van der Waals surface area contributed by atoms with E-state index in [1.54, 1.807) is 6.07 Å². The summed E-state index contributed by atoms with van der Waals surface area (Å²) in [5.41, 5.74) is 0.505. The van der Waals surface area contributed by atoms with E-state index in [2.05, 4.69) is 17.2 Å². The number of amides is 1. The molecule has 0 aliphatic carbocycles. The molecule has 108 valence electrons. The highest BCUT2D eigenvalue weighted by molar-refractivity contribution is 7.16. The lowest BCUT2D eigenvalue weighted by molar-refractivity contribution is 0.0950. The Balaban J connectivity index is 2.15. The molecule has 2 rings (SSSR count). The van der Waals surface area contributed by atoms with Gasteiger partial charge in [0.05, 0.1) is 16.4 Å². The molecule has 0 saturated heterocycles. The van der Waals surface area contributed by atoms with E-state index in [0.29, 0.717) is 16.4 Å². The summed E-state index contributed by atoms with van der Waals surface area (Å²) in [5.74, 6) is 4.12. The Morgan fingerprint density at radius 1 is 1.38 bits per heavy atom. The highest BCUT2D eigenvalue weighted by Gasteiger charge is 2.12. The Labute approximate surface area is 130 Å². The largest absolute Gasteiger partial charge is 0.384 e. The molecule has 0 aliphatic heterocycles. The minimum Gasteiger partial charge on any atom is -0.384 e. The molecule has 2 aromatic rings. The molecule has 0 bridgehead atoms. The standard InChI is InChI=1S/C15H11ClFNO2S/c16-14-6-5-12(21-14)9-18-15(20)13-8-11(17)4-3-10(13)2-1-7-19/h3-6,8,19H,7,9H2,(H,18,20). The number of aliphatic hydroxyl groups excluding tert-OH is 1. The number of benzene rings is 1. The molecule has 21 heavy (non-hydrogen) atoms. The van der Waals surface area contributed by atoms with Gasteiger partial charge in [0, 0.05) is 10.4 Å². The van der Waals surface area contributed by atoms with Crippen molar-refractivity contribution in [1.82, 2.24) is 5.32 Å². The maximum absolute atomic E-state index is 13.3. The van der Waals surface area contributed by atoms with Crippen molar-refractivity contribution in [2.24, 2.45) is 0 Å². The second-order valence-electron chi connectivity index (χ2n) is 4.04. The van der Waals surface area contributed by atoms with Crippen LogP contribution in [0.4, 0.5) is 4.39 Å². The minimum absolute atomic E-state index is 0.138. The summed E-state index contributed by atoms with van der Waals surface area (Å²) >= 11 is 7.17. The minimum atomic E-state index is -0.520. The summed E-state index contributed by atoms with van der Waals surface area (Å²) in [7, 11) is 0. The predicted molar refractivity (Wildman–Crippen MR) is 80.9 cm³/mol. The Hall–Kier alpha value is -1.87. The van der Waals surface area contributed by atoms with E-state index in [1.807, 2.05) is 6.07 Å². The van der Waals surface area contributed by atoms with Gasteiger partial charge in [-0.2, -0.15) is 0 Å². The zero-order chi connectivity index (χ0) is 15.2. The Morgan fingerprint density at radius 2 is 2.19 bits per heavy atom. The first-order chi connectivity index (χ1) is 10.1. The van der Waals surface area contributed by atoms with Crippen LogP contribution >= 0.6 is 22.9 Å². The van der Waals surface area contributed by atoms with Gasteiger partial charge in [-0.1, -0.05) is 23.4 Å². The van der Waals surface area contributed by atoms with E-state index < -0.39 is 11.7 Å². The van der Waals surface area contributed by atoms with Crippen molar-refractivity contribution in [3.63, 3.8) is 0 Å². The van der Waals surface area contributed by atoms with Crippen LogP contribution < -0.4 is 5.32 Å². The first-order valence-electron chi connectivity index (χ1n) is 6.02. The van der Waals surface area contributed by atoms with Crippen molar-refractivity contribution in [3.8, 4) is 11.8 Å². The third kappa shape index (κ3) is 4.30. The second-order valence-corrected chi connectivity index (χ2v) is 5.84. The zero-order valence-electron chi connectivity index (χ0n) is 10.8. The van der Waals surface area contributed by atoms with Gasteiger partial charge >= 0.3 is 0 Å². The highest BCUT2D eigenvalue weighted by atomic mass is 35.5. The molecule has 0 fully saturated rings. The van der Waals surface area contributed by atoms with Crippen LogP contribution in [0.25, 0.3) is 0 Å². The van der Waals surface area contributed by atoms with Crippen LogP contribution in [0.15, 0.2) is 30.3 Å². The lowest BCUT2D eigenvalue weighted by Crippen LogP contribution is -2.23. The third-order valence-corrected chi connectivity index (χ3v) is 3.81. The van der Waals surface area contributed by atoms with E-state index in [-0.39, 0.29) is 12.2 Å². The van der Waals surface area contributed by atoms with Crippen LogP contribution in [0.1, 0.15) is 20.8 Å². The average Bonchev–Trinajstić information content (AvgIpc) is 2.89. The molecule has 3 nitrogen and oxygen atoms in total. The van der Waals surface area contributed by atoms with Crippen LogP contribution in [0.2, 0.25) is 4.34 Å². The first kappa shape index (κ1) is 15.5. The SMILES string of the molecule is O=C(NCc1ccc(Cl)s1)c1cc(F)ccc1C#CCO. The van der Waals surface area contributed by atoms with E-state index in [0.717, 1.165) is 10.9 Å². The van der Waals surface area contributed by atoms with Crippen LogP contribution in [0.3, 0.4) is 0 Å². The fourth-order valence-corrected chi connectivity index (χ4v) is 2.68. The number of rotatable bonds is 3. The molecule has 0 radical (unpaired) electrons. The van der Waals surface area contributed by atoms with E-state index >= 15 is 0 Å². The topological polar surface area (TPSA) is 49.3 Å². The van der Waals surface area contributed by atoms with Crippen LogP contribution in [0.5, 0.6) is 0 Å². The monoisotopic (exact) mass is 323 g/mol. The summed E-state index contributed by atoms with van der Waals surface area (Å²) in [5, 5.41) is 11.4. The molecule has 0 spiro atoms. The molecule has 1 aromatic carbocycles. The zero-order valence-corrected chi connectivity index (χ0v) is 12.4. The Morgan fingerprint density at radius 3 is 2.86 bits per heavy atom. The number of halogens is 2. The van der Waals surface area contributed by atoms with Gasteiger partial charge in [0.1, 0.15) is 12.4 Å². The number of aliphatic hydroxyl groups is 1. The van der Waals surface area contributed by atoms with Crippen molar-refractivity contribution in [1.29, 1.82) is 0 Å². The smallest absolute Gasteiger partial charge is 0.252 e. The number of carbonyl (C=O) groups is 1. The predicted octanol–water partition coefficient (Wildman–Crippen LogP) is 2.81. The molecule has 1 amide bonds. The number of hydrogen-bond acceptors (Lipinski definition) is 3. The van der Waals surface area contributed by atoms with Gasteiger partial charge < -0.3 is 10.4 Å². The van der Waals surface area contributed by atoms with Crippen molar-refractivity contribution < 1.29 is 14.3 Å². The lowest BCUT2D eigenvalue weighted by atomic mass is 10.1. The van der Waals surface area contributed by atoms with E-state index in [4.69, 9.17) is 16.7 Å². The van der Waals surface area contributed by atoms with Crippen LogP contribution in [-0.2, 0) is 6.54 Å². The fourth-order valence-electron chi connectivity index (χ4n) is 1.66. The van der Waals surface area contributed by atoms with Gasteiger partial charge in [-0.05, 0) is 30.3 Å². The van der Waals surface area contributed by atoms with Gasteiger partial charge in [0.25, 0.3) is 5.91 Å². The average molecular weight is 324 g/mol. The van der Waals surface area contributed by atoms with Crippen molar-refractivity contribution >= 4 is 28.8 Å². The molecule has 0 atom stereocenters. The Bertz CT molecular complexity index is 718. The fraction of sp³-hybridized carbons (Fsp3) is 0.133. The van der Waals surface area contributed by atoms with Gasteiger partial charge in [0.2, 0.25) is 0 Å². The quantitative estimate of drug-likeness (QED) is 0.853. The number of thiophene rings is 1. The molecule has 6 heteroatoms. The molecular weight excluding hydrogens is 313 g/mol. The number of carbonyl (C=O) groups excluding carboxylic acids is 1. The Kier molecular flexibility index (Phi) is 5.34. The molecule has 1 aromatic heterocycles. The molecule has 0 aliphatic rings. The van der Waals surface area contributed by atoms with Gasteiger partial charge in [-0.25, -0.2) is 4.39 Å². The maximum Gasteiger partial charge on any atom is 0.252 e. The maximum atomic E-state index is 13.3. The molecule has 2 N–H and O–H groups in total. The van der Waals surface area contributed by atoms with Gasteiger partial charge in [-0.3, -0.25) is 4.79 Å². The van der Waals surface area contributed by atoms with Crippen molar-refractivity contribution in [2.75, 3.05) is 6.61 Å². The molecule has 0 saturated carbocycles. The lowest BCUT2D eigenvalue weighted by Gasteiger charge is -2.06. The summed E-state index contributed by atoms with van der Waals surface area (Å²) in [6.45, 7) is -0.0221. The van der Waals surface area contributed by atoms with E-state index in [9.17, 15) is 9.18 Å². The summed E-state index contributed by atoms with van der Waals surface area (Å²) in [4.78, 5) is 13.0.